The van der Waals surface area contributed by atoms with Crippen LogP contribution in [-0.2, 0) is 0 Å². The molecule has 5 nitrogen and oxygen atoms in total. The van der Waals surface area contributed by atoms with Crippen molar-refractivity contribution in [3.63, 3.8) is 0 Å². The molecule has 0 aliphatic heterocycles. The number of thiazole rings is 1. The van der Waals surface area contributed by atoms with E-state index in [9.17, 15) is 0 Å². The van der Waals surface area contributed by atoms with E-state index in [-0.39, 0.29) is 6.04 Å². The van der Waals surface area contributed by atoms with Crippen molar-refractivity contribution in [1.29, 1.82) is 0 Å². The molecule has 1 atom stereocenters. The van der Waals surface area contributed by atoms with Gasteiger partial charge in [0.1, 0.15) is 5.01 Å². The minimum absolute atomic E-state index is 0.231. The maximum atomic E-state index is 5.06. The lowest BCUT2D eigenvalue weighted by Crippen LogP contribution is -2.01. The van der Waals surface area contributed by atoms with Crippen LogP contribution in [0.3, 0.4) is 0 Å². The molecule has 3 heterocycles. The Hall–Kier alpha value is -2.21. The normalized spacial score (nSPS) is 12.3. The number of nitrogens with zero attached hydrogens (tertiary/aromatic N) is 4. The lowest BCUT2D eigenvalue weighted by atomic mass is 10.3. The highest BCUT2D eigenvalue weighted by atomic mass is 32.1. The van der Waals surface area contributed by atoms with Crippen molar-refractivity contribution in [1.82, 2.24) is 19.5 Å². The molecule has 6 heteroatoms. The topological polar surface area (TPSA) is 52.8 Å². The number of rotatable bonds is 4. The summed E-state index contributed by atoms with van der Waals surface area (Å²) in [6.45, 7) is 2.13. The second-order valence-corrected chi connectivity index (χ2v) is 5.41. The Morgan fingerprint density at radius 2 is 2.15 bits per heavy atom. The molecule has 0 saturated heterocycles. The SMILES string of the molecule is COc1ccc(-c2ncc(C(C)n3ccnc3)s2)cn1. The van der Waals surface area contributed by atoms with Gasteiger partial charge in [0.2, 0.25) is 5.88 Å². The number of hydrogen-bond donors (Lipinski definition) is 0. The van der Waals surface area contributed by atoms with E-state index in [4.69, 9.17) is 4.74 Å². The zero-order valence-corrected chi connectivity index (χ0v) is 12.0. The molecule has 0 spiro atoms. The van der Waals surface area contributed by atoms with Crippen molar-refractivity contribution in [3.05, 3.63) is 48.1 Å². The van der Waals surface area contributed by atoms with E-state index in [0.29, 0.717) is 5.88 Å². The van der Waals surface area contributed by atoms with Crippen LogP contribution in [-0.4, -0.2) is 26.6 Å². The zero-order valence-electron chi connectivity index (χ0n) is 11.2. The van der Waals surface area contributed by atoms with Gasteiger partial charge < -0.3 is 9.30 Å². The van der Waals surface area contributed by atoms with Gasteiger partial charge in [0.05, 0.1) is 19.5 Å². The fraction of sp³-hybridized carbons (Fsp3) is 0.214. The molecule has 102 valence electrons. The van der Waals surface area contributed by atoms with Gasteiger partial charge in [-0.25, -0.2) is 15.0 Å². The van der Waals surface area contributed by atoms with Gasteiger partial charge in [-0.2, -0.15) is 0 Å². The molecule has 0 saturated carbocycles. The lowest BCUT2D eigenvalue weighted by Gasteiger charge is -2.09. The summed E-state index contributed by atoms with van der Waals surface area (Å²) in [4.78, 5) is 13.9. The van der Waals surface area contributed by atoms with Gasteiger partial charge in [0.15, 0.2) is 0 Å². The number of ether oxygens (including phenoxy) is 1. The highest BCUT2D eigenvalue weighted by molar-refractivity contribution is 7.15. The quantitative estimate of drug-likeness (QED) is 0.740. The van der Waals surface area contributed by atoms with Gasteiger partial charge in [-0.3, -0.25) is 0 Å². The Labute approximate surface area is 120 Å². The average Bonchev–Trinajstić information content (AvgIpc) is 3.18. The standard InChI is InChI=1S/C14H14N4OS/c1-10(18-6-5-15-9-18)12-8-17-14(20-12)11-3-4-13(19-2)16-7-11/h3-10H,1-2H3. The minimum atomic E-state index is 0.231. The van der Waals surface area contributed by atoms with E-state index in [0.717, 1.165) is 10.6 Å². The summed E-state index contributed by atoms with van der Waals surface area (Å²) in [5, 5.41) is 0.960. The smallest absolute Gasteiger partial charge is 0.212 e. The summed E-state index contributed by atoms with van der Waals surface area (Å²) >= 11 is 1.67. The number of methoxy groups -OCH3 is 1. The van der Waals surface area contributed by atoms with Gasteiger partial charge in [0.25, 0.3) is 0 Å². The third kappa shape index (κ3) is 2.42. The molecule has 0 aliphatic carbocycles. The second-order valence-electron chi connectivity index (χ2n) is 4.34. The molecule has 0 aliphatic rings. The molecule has 0 fully saturated rings. The lowest BCUT2D eigenvalue weighted by molar-refractivity contribution is 0.398. The van der Waals surface area contributed by atoms with Crippen molar-refractivity contribution in [2.45, 2.75) is 13.0 Å². The van der Waals surface area contributed by atoms with E-state index in [1.807, 2.05) is 30.9 Å². The Balaban J connectivity index is 1.86. The third-order valence-corrected chi connectivity index (χ3v) is 4.32. The first-order chi connectivity index (χ1) is 9.78. The Morgan fingerprint density at radius 1 is 1.25 bits per heavy atom. The summed E-state index contributed by atoms with van der Waals surface area (Å²) in [5.74, 6) is 0.609. The fourth-order valence-electron chi connectivity index (χ4n) is 1.89. The van der Waals surface area contributed by atoms with E-state index in [1.54, 1.807) is 30.8 Å². The van der Waals surface area contributed by atoms with Crippen LogP contribution in [0.2, 0.25) is 0 Å². The third-order valence-electron chi connectivity index (χ3n) is 3.10. The summed E-state index contributed by atoms with van der Waals surface area (Å²) in [6, 6.07) is 4.04. The Morgan fingerprint density at radius 3 is 2.80 bits per heavy atom. The van der Waals surface area contributed by atoms with Crippen LogP contribution in [0.1, 0.15) is 17.8 Å². The van der Waals surface area contributed by atoms with Gasteiger partial charge in [-0.1, -0.05) is 0 Å². The van der Waals surface area contributed by atoms with Crippen LogP contribution in [0.15, 0.2) is 43.2 Å². The van der Waals surface area contributed by atoms with Crippen molar-refractivity contribution in [2.75, 3.05) is 7.11 Å². The molecule has 0 amide bonds. The fourth-order valence-corrected chi connectivity index (χ4v) is 2.85. The van der Waals surface area contributed by atoms with Crippen LogP contribution >= 0.6 is 11.3 Å². The van der Waals surface area contributed by atoms with Crippen LogP contribution in [0, 0.1) is 0 Å². The highest BCUT2D eigenvalue weighted by Crippen LogP contribution is 2.30. The van der Waals surface area contributed by atoms with Crippen molar-refractivity contribution in [3.8, 4) is 16.5 Å². The van der Waals surface area contributed by atoms with Crippen LogP contribution in [0.5, 0.6) is 5.88 Å². The Bertz CT molecular complexity index is 676. The first-order valence-corrected chi connectivity index (χ1v) is 7.03. The molecule has 0 N–H and O–H groups in total. The molecule has 0 radical (unpaired) electrons. The summed E-state index contributed by atoms with van der Waals surface area (Å²) in [5.41, 5.74) is 1.000. The molecule has 3 aromatic heterocycles. The van der Waals surface area contributed by atoms with Crippen molar-refractivity contribution < 1.29 is 4.74 Å². The maximum Gasteiger partial charge on any atom is 0.212 e. The number of aromatic nitrogens is 4. The van der Waals surface area contributed by atoms with Gasteiger partial charge in [0, 0.05) is 41.3 Å². The Kier molecular flexibility index (Phi) is 3.47. The van der Waals surface area contributed by atoms with Gasteiger partial charge >= 0.3 is 0 Å². The highest BCUT2D eigenvalue weighted by Gasteiger charge is 2.12. The first kappa shape index (κ1) is 12.8. The molecular weight excluding hydrogens is 272 g/mol. The van der Waals surface area contributed by atoms with Crippen LogP contribution in [0.25, 0.3) is 10.6 Å². The minimum Gasteiger partial charge on any atom is -0.481 e. The monoisotopic (exact) mass is 286 g/mol. The molecule has 3 aromatic rings. The summed E-state index contributed by atoms with van der Waals surface area (Å²) in [7, 11) is 1.61. The number of hydrogen-bond acceptors (Lipinski definition) is 5. The summed E-state index contributed by atoms with van der Waals surface area (Å²) in [6.07, 6.45) is 9.25. The molecule has 0 aromatic carbocycles. The summed E-state index contributed by atoms with van der Waals surface area (Å²) < 4.78 is 7.12. The number of imidazole rings is 1. The van der Waals surface area contributed by atoms with E-state index in [2.05, 4.69) is 26.4 Å². The predicted octanol–water partition coefficient (Wildman–Crippen LogP) is 3.02. The molecular formula is C14H14N4OS. The zero-order chi connectivity index (χ0) is 13.9. The van der Waals surface area contributed by atoms with Crippen LogP contribution in [0.4, 0.5) is 0 Å². The number of pyridine rings is 1. The molecule has 1 unspecified atom stereocenters. The predicted molar refractivity (Wildman–Crippen MR) is 77.9 cm³/mol. The van der Waals surface area contributed by atoms with E-state index >= 15 is 0 Å². The first-order valence-electron chi connectivity index (χ1n) is 6.21. The molecule has 0 bridgehead atoms. The van der Waals surface area contributed by atoms with Gasteiger partial charge in [-0.15, -0.1) is 11.3 Å². The van der Waals surface area contributed by atoms with E-state index < -0.39 is 0 Å². The van der Waals surface area contributed by atoms with Crippen molar-refractivity contribution >= 4 is 11.3 Å². The average molecular weight is 286 g/mol. The second kappa shape index (κ2) is 5.42. The molecule has 20 heavy (non-hydrogen) atoms. The maximum absolute atomic E-state index is 5.06. The van der Waals surface area contributed by atoms with Crippen LogP contribution < -0.4 is 4.74 Å². The largest absolute Gasteiger partial charge is 0.481 e. The van der Waals surface area contributed by atoms with Crippen molar-refractivity contribution in [2.24, 2.45) is 0 Å². The van der Waals surface area contributed by atoms with E-state index in [1.165, 1.54) is 4.88 Å². The molecule has 3 rings (SSSR count). The van der Waals surface area contributed by atoms with Gasteiger partial charge in [-0.05, 0) is 13.0 Å².